The molecule has 0 aromatic rings. The van der Waals surface area contributed by atoms with Gasteiger partial charge in [0.25, 0.3) is 0 Å². The van der Waals surface area contributed by atoms with Gasteiger partial charge in [-0.25, -0.2) is 0 Å². The van der Waals surface area contributed by atoms with Crippen LogP contribution in [-0.4, -0.2) is 11.7 Å². The first-order valence-corrected chi connectivity index (χ1v) is 6.52. The molecule has 2 heteroatoms. The van der Waals surface area contributed by atoms with Crippen molar-refractivity contribution in [3.05, 3.63) is 0 Å². The molecule has 0 aromatic carbocycles. The van der Waals surface area contributed by atoms with Gasteiger partial charge in [-0.2, -0.15) is 0 Å². The van der Waals surface area contributed by atoms with E-state index in [0.717, 1.165) is 6.42 Å². The molecule has 0 spiro atoms. The Balaban J connectivity index is 0. The monoisotopic (exact) mass is 259 g/mol. The van der Waals surface area contributed by atoms with E-state index in [0.29, 0.717) is 6.61 Å². The van der Waals surface area contributed by atoms with Gasteiger partial charge in [-0.05, 0) is 6.42 Å². The third-order valence-corrected chi connectivity index (χ3v) is 2.76. The maximum Gasteiger partial charge on any atom is 3.00 e. The molecule has 0 amide bonds. The van der Waals surface area contributed by atoms with Gasteiger partial charge in [-0.15, -0.1) is 0 Å². The molecule has 15 heavy (non-hydrogen) atoms. The van der Waals surface area contributed by atoms with Crippen LogP contribution in [0.5, 0.6) is 0 Å². The van der Waals surface area contributed by atoms with Crippen LogP contribution in [-0.2, 0) is 16.8 Å². The van der Waals surface area contributed by atoms with Crippen LogP contribution >= 0.6 is 0 Å². The maximum absolute atomic E-state index is 8.59. The van der Waals surface area contributed by atoms with Crippen molar-refractivity contribution in [2.75, 3.05) is 6.61 Å². The maximum atomic E-state index is 8.59. The molecule has 0 saturated carbocycles. The van der Waals surface area contributed by atoms with Gasteiger partial charge >= 0.3 is 16.8 Å². The standard InChI is InChI=1S/C13H28O.Co/c1-2-3-4-5-6-7-8-9-10-11-12-13-14;/h14H,2-13H2,1H3;/q;+3. The largest absolute Gasteiger partial charge is 3.00 e. The van der Waals surface area contributed by atoms with Crippen LogP contribution in [0.25, 0.3) is 0 Å². The molecule has 0 radical (unpaired) electrons. The van der Waals surface area contributed by atoms with Crippen LogP contribution < -0.4 is 0 Å². The number of unbranched alkanes of at least 4 members (excludes halogenated alkanes) is 10. The summed E-state index contributed by atoms with van der Waals surface area (Å²) in [7, 11) is 0. The Morgan fingerprint density at radius 3 is 1.27 bits per heavy atom. The minimum Gasteiger partial charge on any atom is -0.396 e. The zero-order valence-electron chi connectivity index (χ0n) is 10.3. The summed E-state index contributed by atoms with van der Waals surface area (Å²) in [5.74, 6) is 0. The van der Waals surface area contributed by atoms with Crippen molar-refractivity contribution >= 4 is 0 Å². The molecular formula is C13H28CoO+3. The van der Waals surface area contributed by atoms with Crippen molar-refractivity contribution in [3.63, 3.8) is 0 Å². The Morgan fingerprint density at radius 1 is 0.600 bits per heavy atom. The predicted molar refractivity (Wildman–Crippen MR) is 63.5 cm³/mol. The molecule has 92 valence electrons. The Bertz CT molecular complexity index is 84.5. The van der Waals surface area contributed by atoms with Gasteiger partial charge in [0.05, 0.1) is 0 Å². The first-order chi connectivity index (χ1) is 6.91. The molecule has 0 unspecified atom stereocenters. The van der Waals surface area contributed by atoms with Crippen molar-refractivity contribution in [2.45, 2.75) is 77.6 Å². The smallest absolute Gasteiger partial charge is 0.396 e. The van der Waals surface area contributed by atoms with Crippen molar-refractivity contribution in [3.8, 4) is 0 Å². The summed E-state index contributed by atoms with van der Waals surface area (Å²) in [6, 6.07) is 0. The fourth-order valence-corrected chi connectivity index (χ4v) is 1.78. The molecule has 0 aliphatic rings. The van der Waals surface area contributed by atoms with Crippen molar-refractivity contribution < 1.29 is 21.9 Å². The molecular weight excluding hydrogens is 231 g/mol. The Morgan fingerprint density at radius 2 is 0.933 bits per heavy atom. The summed E-state index contributed by atoms with van der Waals surface area (Å²) >= 11 is 0. The second kappa shape index (κ2) is 16.9. The topological polar surface area (TPSA) is 20.2 Å². The van der Waals surface area contributed by atoms with Gasteiger partial charge in [0.2, 0.25) is 0 Å². The van der Waals surface area contributed by atoms with Gasteiger partial charge in [-0.3, -0.25) is 0 Å². The summed E-state index contributed by atoms with van der Waals surface area (Å²) in [4.78, 5) is 0. The molecule has 0 fully saturated rings. The van der Waals surface area contributed by atoms with Crippen LogP contribution in [0.2, 0.25) is 0 Å². The summed E-state index contributed by atoms with van der Waals surface area (Å²) in [5.41, 5.74) is 0. The molecule has 0 saturated heterocycles. The van der Waals surface area contributed by atoms with E-state index in [1.54, 1.807) is 0 Å². The van der Waals surface area contributed by atoms with Crippen LogP contribution in [0.4, 0.5) is 0 Å². The third-order valence-electron chi connectivity index (χ3n) is 2.76. The number of rotatable bonds is 11. The van der Waals surface area contributed by atoms with E-state index in [1.165, 1.54) is 64.2 Å². The minimum absolute atomic E-state index is 0. The summed E-state index contributed by atoms with van der Waals surface area (Å²) in [6.07, 6.45) is 14.8. The molecule has 0 aliphatic heterocycles. The number of aliphatic hydroxyl groups is 1. The predicted octanol–water partition coefficient (Wildman–Crippen LogP) is 4.29. The Labute approximate surface area is 106 Å². The fraction of sp³-hybridized carbons (Fsp3) is 1.00. The van der Waals surface area contributed by atoms with Crippen molar-refractivity contribution in [1.82, 2.24) is 0 Å². The molecule has 1 nitrogen and oxygen atoms in total. The number of hydrogen-bond donors (Lipinski definition) is 1. The summed E-state index contributed by atoms with van der Waals surface area (Å²) in [5, 5.41) is 8.59. The van der Waals surface area contributed by atoms with Crippen molar-refractivity contribution in [1.29, 1.82) is 0 Å². The van der Waals surface area contributed by atoms with Crippen molar-refractivity contribution in [2.24, 2.45) is 0 Å². The Hall–Kier alpha value is 0.466. The number of hydrogen-bond acceptors (Lipinski definition) is 1. The first-order valence-electron chi connectivity index (χ1n) is 6.52. The average Bonchev–Trinajstić information content (AvgIpc) is 2.21. The average molecular weight is 259 g/mol. The zero-order chi connectivity index (χ0) is 10.5. The molecule has 0 atom stereocenters. The van der Waals surface area contributed by atoms with Gasteiger partial charge < -0.3 is 5.11 Å². The number of aliphatic hydroxyl groups excluding tert-OH is 1. The molecule has 0 rings (SSSR count). The molecule has 1 N–H and O–H groups in total. The van der Waals surface area contributed by atoms with E-state index in [9.17, 15) is 0 Å². The van der Waals surface area contributed by atoms with E-state index in [1.807, 2.05) is 0 Å². The zero-order valence-corrected chi connectivity index (χ0v) is 11.3. The van der Waals surface area contributed by atoms with Crippen LogP contribution in [0.3, 0.4) is 0 Å². The minimum atomic E-state index is 0. The first kappa shape index (κ1) is 17.8. The van der Waals surface area contributed by atoms with Gasteiger partial charge in [0.15, 0.2) is 0 Å². The van der Waals surface area contributed by atoms with E-state index in [-0.39, 0.29) is 16.8 Å². The summed E-state index contributed by atoms with van der Waals surface area (Å²) in [6.45, 7) is 2.64. The Kier molecular flexibility index (Phi) is 20.1. The molecule has 0 aromatic heterocycles. The van der Waals surface area contributed by atoms with Crippen LogP contribution in [0.15, 0.2) is 0 Å². The van der Waals surface area contributed by atoms with E-state index in [4.69, 9.17) is 5.11 Å². The molecule has 0 aliphatic carbocycles. The quantitative estimate of drug-likeness (QED) is 0.549. The second-order valence-corrected chi connectivity index (χ2v) is 4.26. The van der Waals surface area contributed by atoms with Gasteiger partial charge in [-0.1, -0.05) is 71.1 Å². The SMILES string of the molecule is CCCCCCCCCCCCCO.[Co+3]. The van der Waals surface area contributed by atoms with Gasteiger partial charge in [0.1, 0.15) is 0 Å². The van der Waals surface area contributed by atoms with Crippen LogP contribution in [0, 0.1) is 0 Å². The van der Waals surface area contributed by atoms with Crippen LogP contribution in [0.1, 0.15) is 77.6 Å². The molecule has 0 bridgehead atoms. The fourth-order valence-electron chi connectivity index (χ4n) is 1.78. The third kappa shape index (κ3) is 17.1. The normalized spacial score (nSPS) is 10.0. The van der Waals surface area contributed by atoms with E-state index in [2.05, 4.69) is 6.92 Å². The molecule has 0 heterocycles. The van der Waals surface area contributed by atoms with E-state index < -0.39 is 0 Å². The second-order valence-electron chi connectivity index (χ2n) is 4.26. The van der Waals surface area contributed by atoms with Gasteiger partial charge in [0, 0.05) is 6.61 Å². The van der Waals surface area contributed by atoms with E-state index >= 15 is 0 Å². The summed E-state index contributed by atoms with van der Waals surface area (Å²) < 4.78 is 0.